The van der Waals surface area contributed by atoms with Crippen molar-refractivity contribution in [2.24, 2.45) is 0 Å². The van der Waals surface area contributed by atoms with E-state index in [1.165, 1.54) is 0 Å². The molecule has 0 N–H and O–H groups in total. The highest BCUT2D eigenvalue weighted by molar-refractivity contribution is 5.76. The van der Waals surface area contributed by atoms with Gasteiger partial charge in [-0.05, 0) is 31.2 Å². The second-order valence-corrected chi connectivity index (χ2v) is 7.03. The fourth-order valence-electron chi connectivity index (χ4n) is 3.28. The summed E-state index contributed by atoms with van der Waals surface area (Å²) in [7, 11) is 3.23. The highest BCUT2D eigenvalue weighted by Crippen LogP contribution is 2.36. The molecule has 0 saturated carbocycles. The maximum Gasteiger partial charge on any atom is 0.228 e. The van der Waals surface area contributed by atoms with Gasteiger partial charge in [0, 0.05) is 20.1 Å². The van der Waals surface area contributed by atoms with E-state index in [1.807, 2.05) is 68.4 Å². The van der Waals surface area contributed by atoms with Gasteiger partial charge in [-0.25, -0.2) is 4.68 Å². The minimum absolute atomic E-state index is 0.0483. The van der Waals surface area contributed by atoms with Crippen LogP contribution in [-0.4, -0.2) is 48.0 Å². The number of nitrogens with zero attached hydrogens (tertiary/aromatic N) is 3. The van der Waals surface area contributed by atoms with Gasteiger partial charge in [-0.1, -0.05) is 37.3 Å². The van der Waals surface area contributed by atoms with Crippen LogP contribution in [-0.2, 0) is 16.1 Å². The van der Waals surface area contributed by atoms with Crippen LogP contribution in [0.5, 0.6) is 17.4 Å². The standard InChI is InChI=1S/C24H29N3O4/c1-5-23(28)26(15-16-29-3)17-20-18(2)25-27(19-11-7-6-8-12-19)24(20)31-22-14-10-9-13-21(22)30-4/h6-14H,5,15-17H2,1-4H3. The van der Waals surface area contributed by atoms with Gasteiger partial charge in [-0.15, -0.1) is 0 Å². The lowest BCUT2D eigenvalue weighted by Crippen LogP contribution is -2.33. The SMILES string of the molecule is CCC(=O)N(CCOC)Cc1c(C)nn(-c2ccccc2)c1Oc1ccccc1OC. The van der Waals surface area contributed by atoms with Crippen LogP contribution < -0.4 is 9.47 Å². The van der Waals surface area contributed by atoms with Gasteiger partial charge in [0.2, 0.25) is 11.8 Å². The summed E-state index contributed by atoms with van der Waals surface area (Å²) in [6.07, 6.45) is 0.415. The molecule has 0 aliphatic carbocycles. The Morgan fingerprint density at radius 3 is 2.35 bits per heavy atom. The molecule has 0 spiro atoms. The molecule has 1 heterocycles. The number of hydrogen-bond donors (Lipinski definition) is 0. The molecule has 31 heavy (non-hydrogen) atoms. The summed E-state index contributed by atoms with van der Waals surface area (Å²) >= 11 is 0. The maximum absolute atomic E-state index is 12.6. The van der Waals surface area contributed by atoms with Crippen molar-refractivity contribution in [3.05, 3.63) is 65.9 Å². The van der Waals surface area contributed by atoms with Gasteiger partial charge in [-0.3, -0.25) is 4.79 Å². The molecule has 3 aromatic rings. The molecule has 0 aliphatic rings. The van der Waals surface area contributed by atoms with Crippen molar-refractivity contribution in [1.82, 2.24) is 14.7 Å². The van der Waals surface area contributed by atoms with E-state index in [2.05, 4.69) is 0 Å². The zero-order valence-electron chi connectivity index (χ0n) is 18.5. The number of rotatable bonds is 10. The van der Waals surface area contributed by atoms with Crippen molar-refractivity contribution in [3.8, 4) is 23.1 Å². The number of aromatic nitrogens is 2. The fourth-order valence-corrected chi connectivity index (χ4v) is 3.28. The molecule has 2 aromatic carbocycles. The summed E-state index contributed by atoms with van der Waals surface area (Å²) < 4.78 is 18.8. The highest BCUT2D eigenvalue weighted by Gasteiger charge is 2.23. The van der Waals surface area contributed by atoms with E-state index in [0.717, 1.165) is 16.9 Å². The molecule has 7 heteroatoms. The molecule has 0 radical (unpaired) electrons. The third kappa shape index (κ3) is 5.24. The summed E-state index contributed by atoms with van der Waals surface area (Å²) in [6.45, 7) is 5.11. The first-order valence-electron chi connectivity index (χ1n) is 10.3. The van der Waals surface area contributed by atoms with Crippen LogP contribution in [0.25, 0.3) is 5.69 Å². The summed E-state index contributed by atoms with van der Waals surface area (Å²) in [5.74, 6) is 1.80. The lowest BCUT2D eigenvalue weighted by molar-refractivity contribution is -0.132. The molecule has 1 amide bonds. The molecule has 0 aliphatic heterocycles. The van der Waals surface area contributed by atoms with E-state index < -0.39 is 0 Å². The number of carbonyl (C=O) groups is 1. The zero-order chi connectivity index (χ0) is 22.2. The lowest BCUT2D eigenvalue weighted by Gasteiger charge is -2.22. The van der Waals surface area contributed by atoms with Crippen molar-refractivity contribution < 1.29 is 19.0 Å². The number of para-hydroxylation sites is 3. The Balaban J connectivity index is 2.07. The van der Waals surface area contributed by atoms with E-state index in [4.69, 9.17) is 19.3 Å². The Bertz CT molecular complexity index is 1000. The van der Waals surface area contributed by atoms with Crippen LogP contribution in [0.4, 0.5) is 0 Å². The van der Waals surface area contributed by atoms with Gasteiger partial charge in [0.15, 0.2) is 11.5 Å². The normalized spacial score (nSPS) is 10.7. The van der Waals surface area contributed by atoms with Gasteiger partial charge in [0.05, 0.1) is 37.2 Å². The number of methoxy groups -OCH3 is 2. The minimum atomic E-state index is 0.0483. The topological polar surface area (TPSA) is 65.8 Å². The second-order valence-electron chi connectivity index (χ2n) is 7.03. The summed E-state index contributed by atoms with van der Waals surface area (Å²) in [5.41, 5.74) is 2.50. The predicted molar refractivity (Wildman–Crippen MR) is 119 cm³/mol. The quantitative estimate of drug-likeness (QED) is 0.485. The summed E-state index contributed by atoms with van der Waals surface area (Å²) in [4.78, 5) is 14.3. The molecule has 0 unspecified atom stereocenters. The molecular weight excluding hydrogens is 394 g/mol. The monoisotopic (exact) mass is 423 g/mol. The molecule has 0 bridgehead atoms. The molecule has 0 atom stereocenters. The molecule has 3 rings (SSSR count). The van der Waals surface area contributed by atoms with Crippen LogP contribution in [0.2, 0.25) is 0 Å². The van der Waals surface area contributed by atoms with E-state index in [0.29, 0.717) is 43.5 Å². The number of benzene rings is 2. The van der Waals surface area contributed by atoms with Crippen LogP contribution >= 0.6 is 0 Å². The van der Waals surface area contributed by atoms with Crippen LogP contribution in [0.3, 0.4) is 0 Å². The first kappa shape index (κ1) is 22.4. The fraction of sp³-hybridized carbons (Fsp3) is 0.333. The Kier molecular flexibility index (Phi) is 7.67. The van der Waals surface area contributed by atoms with Gasteiger partial charge < -0.3 is 19.1 Å². The van der Waals surface area contributed by atoms with Gasteiger partial charge >= 0.3 is 0 Å². The van der Waals surface area contributed by atoms with E-state index in [1.54, 1.807) is 23.8 Å². The van der Waals surface area contributed by atoms with Crippen LogP contribution in [0, 0.1) is 6.92 Å². The predicted octanol–water partition coefficient (Wildman–Crippen LogP) is 4.37. The average molecular weight is 424 g/mol. The number of amides is 1. The number of ether oxygens (including phenoxy) is 3. The van der Waals surface area contributed by atoms with Crippen LogP contribution in [0.1, 0.15) is 24.6 Å². The summed E-state index contributed by atoms with van der Waals surface area (Å²) in [6, 6.07) is 17.2. The van der Waals surface area contributed by atoms with Crippen LogP contribution in [0.15, 0.2) is 54.6 Å². The van der Waals surface area contributed by atoms with Gasteiger partial charge in [0.1, 0.15) is 0 Å². The zero-order valence-corrected chi connectivity index (χ0v) is 18.5. The van der Waals surface area contributed by atoms with E-state index in [9.17, 15) is 4.79 Å². The highest BCUT2D eigenvalue weighted by atomic mass is 16.5. The molecule has 164 valence electrons. The third-order valence-electron chi connectivity index (χ3n) is 4.98. The Labute approximate surface area is 183 Å². The number of carbonyl (C=O) groups excluding carboxylic acids is 1. The second kappa shape index (κ2) is 10.6. The largest absolute Gasteiger partial charge is 0.493 e. The number of hydrogen-bond acceptors (Lipinski definition) is 5. The van der Waals surface area contributed by atoms with Crippen molar-refractivity contribution in [3.63, 3.8) is 0 Å². The van der Waals surface area contributed by atoms with Crippen molar-refractivity contribution in [2.75, 3.05) is 27.4 Å². The van der Waals surface area contributed by atoms with Crippen molar-refractivity contribution >= 4 is 5.91 Å². The van der Waals surface area contributed by atoms with E-state index >= 15 is 0 Å². The maximum atomic E-state index is 12.6. The lowest BCUT2D eigenvalue weighted by atomic mass is 10.2. The molecule has 0 saturated heterocycles. The first-order valence-corrected chi connectivity index (χ1v) is 10.3. The van der Waals surface area contributed by atoms with Crippen molar-refractivity contribution in [2.45, 2.75) is 26.8 Å². The Morgan fingerprint density at radius 1 is 1.03 bits per heavy atom. The molecule has 1 aromatic heterocycles. The Morgan fingerprint density at radius 2 is 1.71 bits per heavy atom. The van der Waals surface area contributed by atoms with Gasteiger partial charge in [-0.2, -0.15) is 5.10 Å². The average Bonchev–Trinajstić information content (AvgIpc) is 3.11. The number of aryl methyl sites for hydroxylation is 1. The molecular formula is C24H29N3O4. The van der Waals surface area contributed by atoms with E-state index in [-0.39, 0.29) is 5.91 Å². The van der Waals surface area contributed by atoms with Gasteiger partial charge in [0.25, 0.3) is 0 Å². The first-order chi connectivity index (χ1) is 15.1. The van der Waals surface area contributed by atoms with Crippen molar-refractivity contribution in [1.29, 1.82) is 0 Å². The Hall–Kier alpha value is -3.32. The third-order valence-corrected chi connectivity index (χ3v) is 4.98. The molecule has 7 nitrogen and oxygen atoms in total. The summed E-state index contributed by atoms with van der Waals surface area (Å²) in [5, 5.41) is 4.73. The minimum Gasteiger partial charge on any atom is -0.493 e. The smallest absolute Gasteiger partial charge is 0.228 e. The molecule has 0 fully saturated rings.